The zero-order valence-electron chi connectivity index (χ0n) is 15.8. The van der Waals surface area contributed by atoms with Crippen molar-refractivity contribution in [2.45, 2.75) is 32.6 Å². The lowest BCUT2D eigenvalue weighted by molar-refractivity contribution is -0.137. The lowest BCUT2D eigenvalue weighted by atomic mass is 10.0. The van der Waals surface area contributed by atoms with Gasteiger partial charge in [-0.2, -0.15) is 0 Å². The van der Waals surface area contributed by atoms with Gasteiger partial charge in [-0.15, -0.1) is 0 Å². The molecular weight excluding hydrogens is 332 g/mol. The molecule has 0 fully saturated rings. The molecule has 1 heterocycles. The minimum Gasteiger partial charge on any atom is -0.497 e. The Hall–Kier alpha value is -2.34. The molecule has 1 aliphatic heterocycles. The summed E-state index contributed by atoms with van der Waals surface area (Å²) in [6.07, 6.45) is 3.99. The van der Waals surface area contributed by atoms with E-state index in [9.17, 15) is 14.7 Å². The van der Waals surface area contributed by atoms with E-state index in [0.29, 0.717) is 29.1 Å². The second kappa shape index (κ2) is 9.38. The van der Waals surface area contributed by atoms with Crippen molar-refractivity contribution in [1.29, 1.82) is 0 Å². The molecule has 6 heteroatoms. The molecule has 6 nitrogen and oxygen atoms in total. The molecule has 0 aliphatic carbocycles. The molecule has 2 amide bonds. The van der Waals surface area contributed by atoms with E-state index in [0.717, 1.165) is 25.7 Å². The largest absolute Gasteiger partial charge is 0.497 e. The fraction of sp³-hybridized carbons (Fsp3) is 0.500. The summed E-state index contributed by atoms with van der Waals surface area (Å²) >= 11 is 0. The van der Waals surface area contributed by atoms with Crippen LogP contribution in [0.3, 0.4) is 0 Å². The van der Waals surface area contributed by atoms with Crippen LogP contribution in [0.2, 0.25) is 0 Å². The van der Waals surface area contributed by atoms with Gasteiger partial charge in [0.25, 0.3) is 11.8 Å². The maximum Gasteiger partial charge on any atom is 0.277 e. The van der Waals surface area contributed by atoms with Gasteiger partial charge in [0.05, 0.1) is 19.3 Å². The third kappa shape index (κ3) is 4.25. The molecule has 0 saturated carbocycles. The van der Waals surface area contributed by atoms with Gasteiger partial charge in [-0.3, -0.25) is 14.5 Å². The van der Waals surface area contributed by atoms with Crippen LogP contribution in [-0.4, -0.2) is 60.6 Å². The second-order valence-electron chi connectivity index (χ2n) is 6.42. The number of benzene rings is 1. The summed E-state index contributed by atoms with van der Waals surface area (Å²) in [6, 6.07) is 7.11. The number of amides is 2. The van der Waals surface area contributed by atoms with Gasteiger partial charge in [-0.1, -0.05) is 38.3 Å². The van der Waals surface area contributed by atoms with Gasteiger partial charge < -0.3 is 14.7 Å². The number of rotatable bonds is 10. The Kier molecular flexibility index (Phi) is 7.21. The van der Waals surface area contributed by atoms with Crippen LogP contribution in [0.25, 0.3) is 5.57 Å². The molecule has 1 aromatic carbocycles. The van der Waals surface area contributed by atoms with Gasteiger partial charge in [0.1, 0.15) is 11.4 Å². The second-order valence-corrected chi connectivity index (χ2v) is 6.42. The van der Waals surface area contributed by atoms with Gasteiger partial charge in [0, 0.05) is 20.1 Å². The highest BCUT2D eigenvalue weighted by Gasteiger charge is 2.40. The number of carbonyl (C=O) groups is 2. The Labute approximate surface area is 155 Å². The first-order chi connectivity index (χ1) is 12.5. The lowest BCUT2D eigenvalue weighted by Gasteiger charge is -2.20. The molecule has 0 bridgehead atoms. The van der Waals surface area contributed by atoms with Crippen molar-refractivity contribution in [3.63, 3.8) is 0 Å². The Morgan fingerprint density at radius 2 is 1.77 bits per heavy atom. The number of methoxy groups -OCH3 is 1. The van der Waals surface area contributed by atoms with Crippen LogP contribution in [0.15, 0.2) is 30.0 Å². The van der Waals surface area contributed by atoms with Gasteiger partial charge in [-0.05, 0) is 24.1 Å². The van der Waals surface area contributed by atoms with E-state index in [-0.39, 0.29) is 25.0 Å². The quantitative estimate of drug-likeness (QED) is 0.512. The molecule has 0 spiro atoms. The number of likely N-dealkylation sites (N-methyl/N-ethyl adjacent to an activating group) is 1. The first-order valence-corrected chi connectivity index (χ1v) is 9.12. The van der Waals surface area contributed by atoms with Crippen molar-refractivity contribution >= 4 is 17.4 Å². The Balaban J connectivity index is 2.33. The number of hydrogen-bond acceptors (Lipinski definition) is 5. The number of unbranched alkanes of at least 4 members (excludes halogenated alkanes) is 3. The van der Waals surface area contributed by atoms with Crippen molar-refractivity contribution in [3.8, 4) is 5.75 Å². The summed E-state index contributed by atoms with van der Waals surface area (Å²) in [5.41, 5.74) is 1.42. The molecule has 0 atom stereocenters. The summed E-state index contributed by atoms with van der Waals surface area (Å²) in [7, 11) is 3.30. The molecule has 0 aromatic heterocycles. The van der Waals surface area contributed by atoms with Gasteiger partial charge in [0.2, 0.25) is 0 Å². The monoisotopic (exact) mass is 360 g/mol. The number of aliphatic hydroxyl groups is 1. The van der Waals surface area contributed by atoms with E-state index in [1.165, 1.54) is 4.90 Å². The summed E-state index contributed by atoms with van der Waals surface area (Å²) in [5, 5.41) is 9.25. The lowest BCUT2D eigenvalue weighted by Crippen LogP contribution is -2.35. The van der Waals surface area contributed by atoms with E-state index < -0.39 is 0 Å². The molecule has 1 aromatic rings. The summed E-state index contributed by atoms with van der Waals surface area (Å²) in [4.78, 5) is 28.9. The predicted octanol–water partition coefficient (Wildman–Crippen LogP) is 2.28. The smallest absolute Gasteiger partial charge is 0.277 e. The number of ether oxygens (including phenoxy) is 1. The van der Waals surface area contributed by atoms with Gasteiger partial charge in [0.15, 0.2) is 0 Å². The summed E-state index contributed by atoms with van der Waals surface area (Å²) < 4.78 is 5.17. The average Bonchev–Trinajstić information content (AvgIpc) is 2.89. The minimum atomic E-state index is -0.284. The number of imide groups is 1. The molecular formula is C20H28N2O4. The number of carbonyl (C=O) groups excluding carboxylic acids is 2. The van der Waals surface area contributed by atoms with E-state index in [2.05, 4.69) is 6.92 Å². The van der Waals surface area contributed by atoms with E-state index in [1.54, 1.807) is 43.3 Å². The highest BCUT2D eigenvalue weighted by Crippen LogP contribution is 2.32. The van der Waals surface area contributed by atoms with Gasteiger partial charge in [-0.25, -0.2) is 0 Å². The molecule has 0 radical (unpaired) electrons. The number of aliphatic hydroxyl groups excluding tert-OH is 1. The van der Waals surface area contributed by atoms with Crippen LogP contribution >= 0.6 is 0 Å². The molecule has 26 heavy (non-hydrogen) atoms. The molecule has 0 unspecified atom stereocenters. The first-order valence-electron chi connectivity index (χ1n) is 9.12. The predicted molar refractivity (Wildman–Crippen MR) is 100 cm³/mol. The van der Waals surface area contributed by atoms with Crippen LogP contribution in [0.4, 0.5) is 0 Å². The van der Waals surface area contributed by atoms with Crippen molar-refractivity contribution in [2.24, 2.45) is 0 Å². The molecule has 142 valence electrons. The maximum absolute atomic E-state index is 13.0. The van der Waals surface area contributed by atoms with Crippen molar-refractivity contribution < 1.29 is 19.4 Å². The van der Waals surface area contributed by atoms with Crippen LogP contribution in [0.5, 0.6) is 5.75 Å². The highest BCUT2D eigenvalue weighted by molar-refractivity contribution is 6.35. The normalized spacial score (nSPS) is 14.4. The van der Waals surface area contributed by atoms with Crippen LogP contribution < -0.4 is 4.74 Å². The maximum atomic E-state index is 13.0. The molecule has 2 rings (SSSR count). The first kappa shape index (κ1) is 20.0. The Morgan fingerprint density at radius 3 is 2.35 bits per heavy atom. The topological polar surface area (TPSA) is 70.1 Å². The summed E-state index contributed by atoms with van der Waals surface area (Å²) in [5.74, 6) is 0.137. The van der Waals surface area contributed by atoms with Crippen molar-refractivity contribution in [3.05, 3.63) is 35.5 Å². The van der Waals surface area contributed by atoms with E-state index >= 15 is 0 Å². The van der Waals surface area contributed by atoms with Crippen LogP contribution in [0, 0.1) is 0 Å². The number of nitrogens with zero attached hydrogens (tertiary/aromatic N) is 2. The zero-order valence-corrected chi connectivity index (χ0v) is 15.8. The highest BCUT2D eigenvalue weighted by atomic mass is 16.5. The minimum absolute atomic E-state index is 0.0894. The molecule has 0 saturated heterocycles. The average molecular weight is 360 g/mol. The number of hydrogen-bond donors (Lipinski definition) is 1. The standard InChI is InChI=1S/C20H28N2O4/c1-4-5-6-7-12-22-19(24)17(15-8-10-16(26-3)11-9-15)18(20(22)25)21(2)13-14-23/h8-11,23H,4-7,12-14H2,1-3H3. The van der Waals surface area contributed by atoms with E-state index in [1.807, 2.05) is 0 Å². The van der Waals surface area contributed by atoms with Gasteiger partial charge >= 0.3 is 0 Å². The fourth-order valence-corrected chi connectivity index (χ4v) is 3.10. The summed E-state index contributed by atoms with van der Waals surface area (Å²) in [6.45, 7) is 2.75. The third-order valence-corrected chi connectivity index (χ3v) is 4.57. The van der Waals surface area contributed by atoms with Crippen LogP contribution in [-0.2, 0) is 9.59 Å². The van der Waals surface area contributed by atoms with Crippen molar-refractivity contribution in [1.82, 2.24) is 9.80 Å². The molecule has 1 N–H and O–H groups in total. The zero-order chi connectivity index (χ0) is 19.1. The fourth-order valence-electron chi connectivity index (χ4n) is 3.10. The third-order valence-electron chi connectivity index (χ3n) is 4.57. The van der Waals surface area contributed by atoms with Crippen molar-refractivity contribution in [2.75, 3.05) is 33.9 Å². The van der Waals surface area contributed by atoms with E-state index in [4.69, 9.17) is 4.74 Å². The molecule has 1 aliphatic rings. The Morgan fingerprint density at radius 1 is 1.08 bits per heavy atom. The van der Waals surface area contributed by atoms with Crippen LogP contribution in [0.1, 0.15) is 38.2 Å². The Bertz CT molecular complexity index is 667. The SMILES string of the molecule is CCCCCCN1C(=O)C(c2ccc(OC)cc2)=C(N(C)CCO)C1=O.